The zero-order valence-corrected chi connectivity index (χ0v) is 16.7. The van der Waals surface area contributed by atoms with Gasteiger partial charge in [-0.05, 0) is 64.0 Å². The molecule has 0 bridgehead atoms. The maximum Gasteiger partial charge on any atom is 0.354 e. The van der Waals surface area contributed by atoms with Gasteiger partial charge in [-0.2, -0.15) is 0 Å². The van der Waals surface area contributed by atoms with Crippen molar-refractivity contribution < 1.29 is 14.6 Å². The molecule has 0 atom stereocenters. The van der Waals surface area contributed by atoms with Crippen LogP contribution in [0.5, 0.6) is 5.75 Å². The molecule has 0 saturated carbocycles. The first-order valence-corrected chi connectivity index (χ1v) is 9.65. The second-order valence-electron chi connectivity index (χ2n) is 6.09. The Kier molecular flexibility index (Phi) is 4.70. The Hall–Kier alpha value is -2.67. The van der Waals surface area contributed by atoms with Gasteiger partial charge < -0.3 is 9.84 Å². The second kappa shape index (κ2) is 7.15. The second-order valence-corrected chi connectivity index (χ2v) is 7.25. The predicted octanol–water partition coefficient (Wildman–Crippen LogP) is 5.76. The van der Waals surface area contributed by atoms with Crippen LogP contribution in [0.1, 0.15) is 17.4 Å². The zero-order valence-electron chi connectivity index (χ0n) is 14.6. The third-order valence-electron chi connectivity index (χ3n) is 4.47. The van der Waals surface area contributed by atoms with E-state index in [1.807, 2.05) is 37.3 Å². The van der Waals surface area contributed by atoms with Crippen molar-refractivity contribution in [1.82, 2.24) is 4.98 Å². The van der Waals surface area contributed by atoms with Crippen molar-refractivity contribution in [3.8, 4) is 16.9 Å². The predicted molar refractivity (Wildman–Crippen MR) is 116 cm³/mol. The number of ether oxygens (including phenoxy) is 1. The van der Waals surface area contributed by atoms with Crippen LogP contribution < -0.4 is 4.74 Å². The Labute approximate surface area is 169 Å². The molecule has 1 N–H and O–H groups in total. The van der Waals surface area contributed by atoms with E-state index in [9.17, 15) is 9.90 Å². The number of carbonyl (C=O) groups is 1. The number of rotatable bonds is 4. The SMILES string of the molecule is CCOc1c(I)cc(-c2cccc3ccccc23)c2nc(C(=O)O)ccc12. The lowest BCUT2D eigenvalue weighted by molar-refractivity contribution is 0.0691. The van der Waals surface area contributed by atoms with Crippen molar-refractivity contribution in [3.63, 3.8) is 0 Å². The van der Waals surface area contributed by atoms with E-state index < -0.39 is 5.97 Å². The van der Waals surface area contributed by atoms with Gasteiger partial charge in [-0.15, -0.1) is 0 Å². The Morgan fingerprint density at radius 1 is 1.04 bits per heavy atom. The summed E-state index contributed by atoms with van der Waals surface area (Å²) in [6.07, 6.45) is 0. The summed E-state index contributed by atoms with van der Waals surface area (Å²) in [6, 6.07) is 19.6. The van der Waals surface area contributed by atoms with Crippen molar-refractivity contribution in [2.24, 2.45) is 0 Å². The summed E-state index contributed by atoms with van der Waals surface area (Å²) in [4.78, 5) is 15.9. The number of fused-ring (bicyclic) bond motifs is 2. The van der Waals surface area contributed by atoms with E-state index in [1.165, 1.54) is 6.07 Å². The first kappa shape index (κ1) is 17.7. The third kappa shape index (κ3) is 3.12. The van der Waals surface area contributed by atoms with Crippen LogP contribution in [0.4, 0.5) is 0 Å². The first-order chi connectivity index (χ1) is 13.1. The third-order valence-corrected chi connectivity index (χ3v) is 5.27. The molecule has 0 spiro atoms. The standard InChI is InChI=1S/C22H16INO3/c1-2-27-21-16-10-11-19(22(25)26)24-20(16)17(12-18(21)23)15-9-5-7-13-6-3-4-8-14(13)15/h3-12H,2H2,1H3,(H,25,26). The van der Waals surface area contributed by atoms with Crippen LogP contribution in [0.2, 0.25) is 0 Å². The maximum absolute atomic E-state index is 11.5. The molecule has 1 heterocycles. The lowest BCUT2D eigenvalue weighted by Crippen LogP contribution is -2.03. The van der Waals surface area contributed by atoms with Crippen molar-refractivity contribution in [2.75, 3.05) is 6.61 Å². The summed E-state index contributed by atoms with van der Waals surface area (Å²) in [5.74, 6) is -0.307. The number of aromatic nitrogens is 1. The molecule has 0 aliphatic rings. The fourth-order valence-corrected chi connectivity index (χ4v) is 4.07. The molecule has 4 aromatic rings. The minimum Gasteiger partial charge on any atom is -0.492 e. The fraction of sp³-hybridized carbons (Fsp3) is 0.0909. The van der Waals surface area contributed by atoms with Crippen LogP contribution in [0.25, 0.3) is 32.8 Å². The van der Waals surface area contributed by atoms with Gasteiger partial charge in [0.15, 0.2) is 0 Å². The van der Waals surface area contributed by atoms with Crippen LogP contribution >= 0.6 is 22.6 Å². The number of carboxylic acid groups (broad SMARTS) is 1. The summed E-state index contributed by atoms with van der Waals surface area (Å²) in [5.41, 5.74) is 2.58. The number of aromatic carboxylic acids is 1. The van der Waals surface area contributed by atoms with E-state index in [0.717, 1.165) is 36.6 Å². The normalized spacial score (nSPS) is 11.0. The molecule has 0 aliphatic heterocycles. The Morgan fingerprint density at radius 3 is 2.59 bits per heavy atom. The van der Waals surface area contributed by atoms with Gasteiger partial charge in [0.2, 0.25) is 0 Å². The molecule has 0 aliphatic carbocycles. The highest BCUT2D eigenvalue weighted by atomic mass is 127. The number of carboxylic acids is 1. The Morgan fingerprint density at radius 2 is 1.81 bits per heavy atom. The van der Waals surface area contributed by atoms with Gasteiger partial charge >= 0.3 is 5.97 Å². The van der Waals surface area contributed by atoms with Crippen LogP contribution in [-0.4, -0.2) is 22.7 Å². The number of halogens is 1. The quantitative estimate of drug-likeness (QED) is 0.387. The maximum atomic E-state index is 11.5. The fourth-order valence-electron chi connectivity index (χ4n) is 3.31. The lowest BCUT2D eigenvalue weighted by atomic mass is 9.96. The van der Waals surface area contributed by atoms with Crippen LogP contribution in [0, 0.1) is 3.57 Å². The zero-order chi connectivity index (χ0) is 19.0. The van der Waals surface area contributed by atoms with Gasteiger partial charge in [0.05, 0.1) is 15.7 Å². The van der Waals surface area contributed by atoms with Crippen molar-refractivity contribution in [2.45, 2.75) is 6.92 Å². The molecule has 0 unspecified atom stereocenters. The lowest BCUT2D eigenvalue weighted by Gasteiger charge is -2.15. The molecule has 4 nitrogen and oxygen atoms in total. The molecule has 5 heteroatoms. The van der Waals surface area contributed by atoms with Gasteiger partial charge in [0.1, 0.15) is 11.4 Å². The Balaban J connectivity index is 2.12. The topological polar surface area (TPSA) is 59.4 Å². The number of benzene rings is 3. The van der Waals surface area contributed by atoms with Gasteiger partial charge in [-0.25, -0.2) is 9.78 Å². The van der Waals surface area contributed by atoms with E-state index in [2.05, 4.69) is 45.8 Å². The number of hydrogen-bond donors (Lipinski definition) is 1. The minimum atomic E-state index is -1.04. The monoisotopic (exact) mass is 469 g/mol. The highest BCUT2D eigenvalue weighted by Gasteiger charge is 2.17. The smallest absolute Gasteiger partial charge is 0.354 e. The van der Waals surface area contributed by atoms with Crippen LogP contribution in [-0.2, 0) is 0 Å². The van der Waals surface area contributed by atoms with E-state index >= 15 is 0 Å². The molecule has 0 amide bonds. The highest BCUT2D eigenvalue weighted by molar-refractivity contribution is 14.1. The molecule has 0 saturated heterocycles. The van der Waals surface area contributed by atoms with E-state index in [-0.39, 0.29) is 5.69 Å². The molecule has 4 rings (SSSR count). The summed E-state index contributed by atoms with van der Waals surface area (Å²) in [7, 11) is 0. The molecule has 1 aromatic heterocycles. The summed E-state index contributed by atoms with van der Waals surface area (Å²) >= 11 is 2.26. The summed E-state index contributed by atoms with van der Waals surface area (Å²) in [5, 5.41) is 12.5. The van der Waals surface area contributed by atoms with E-state index in [1.54, 1.807) is 6.07 Å². The average molecular weight is 469 g/mol. The molecule has 0 fully saturated rings. The molecular formula is C22H16INO3. The van der Waals surface area contributed by atoms with Gasteiger partial charge in [0, 0.05) is 10.9 Å². The molecule has 27 heavy (non-hydrogen) atoms. The molecule has 3 aromatic carbocycles. The number of pyridine rings is 1. The van der Waals surface area contributed by atoms with Gasteiger partial charge in [-0.1, -0.05) is 42.5 Å². The number of hydrogen-bond acceptors (Lipinski definition) is 3. The van der Waals surface area contributed by atoms with Crippen LogP contribution in [0.3, 0.4) is 0 Å². The first-order valence-electron chi connectivity index (χ1n) is 8.57. The molecule has 134 valence electrons. The Bertz CT molecular complexity index is 1180. The molecule has 0 radical (unpaired) electrons. The van der Waals surface area contributed by atoms with Crippen molar-refractivity contribution in [1.29, 1.82) is 0 Å². The van der Waals surface area contributed by atoms with Crippen molar-refractivity contribution >= 4 is 50.2 Å². The number of nitrogens with zero attached hydrogens (tertiary/aromatic N) is 1. The minimum absolute atomic E-state index is 0.0210. The summed E-state index contributed by atoms with van der Waals surface area (Å²) in [6.45, 7) is 2.46. The average Bonchev–Trinajstić information content (AvgIpc) is 2.69. The summed E-state index contributed by atoms with van der Waals surface area (Å²) < 4.78 is 6.80. The van der Waals surface area contributed by atoms with Gasteiger partial charge in [-0.3, -0.25) is 0 Å². The van der Waals surface area contributed by atoms with E-state index in [0.29, 0.717) is 12.1 Å². The van der Waals surface area contributed by atoms with Crippen molar-refractivity contribution in [3.05, 3.63) is 69.9 Å². The largest absolute Gasteiger partial charge is 0.492 e. The molecular weight excluding hydrogens is 453 g/mol. The van der Waals surface area contributed by atoms with Crippen LogP contribution in [0.15, 0.2) is 60.7 Å². The van der Waals surface area contributed by atoms with Gasteiger partial charge in [0.25, 0.3) is 0 Å². The highest BCUT2D eigenvalue weighted by Crippen LogP contribution is 2.39. The van der Waals surface area contributed by atoms with E-state index in [4.69, 9.17) is 4.74 Å².